The first kappa shape index (κ1) is 52.3. The SMILES string of the molecule is NC(CC(=O)NC(O)CC=O)C(=O)CCSCC(F)(F)C(F)(F)C(F)(F)C(F)(F)C(F)(F)C(F)(F)C(F)(F)C(F)(F)C(F)(F)C(F)(F)C(F)C(F)C(F)(F)F. The summed E-state index contributed by atoms with van der Waals surface area (Å²) < 4.78 is 341. The Labute approximate surface area is 291 Å². The van der Waals surface area contributed by atoms with E-state index in [-0.39, 0.29) is 6.29 Å². The molecule has 0 saturated heterocycles. The number of carbonyl (C=O) groups is 3. The number of nitrogens with two attached hydrogens (primary N) is 1. The number of hydrogen-bond acceptors (Lipinski definition) is 6. The van der Waals surface area contributed by atoms with Gasteiger partial charge in [-0.25, -0.2) is 8.78 Å². The number of amides is 1. The molecule has 0 heterocycles. The molecule has 0 fully saturated rings. The Balaban J connectivity index is 6.46. The van der Waals surface area contributed by atoms with Crippen LogP contribution in [-0.2, 0) is 14.4 Å². The molecule has 0 aromatic rings. The topological polar surface area (TPSA) is 109 Å². The van der Waals surface area contributed by atoms with Crippen LogP contribution in [-0.4, -0.2) is 125 Å². The summed E-state index contributed by atoms with van der Waals surface area (Å²) in [4.78, 5) is 33.6. The van der Waals surface area contributed by atoms with Crippen molar-refractivity contribution in [1.82, 2.24) is 5.32 Å². The molecular formula is C23H19F25N2O4S. The van der Waals surface area contributed by atoms with Gasteiger partial charge >= 0.3 is 65.4 Å². The van der Waals surface area contributed by atoms with Gasteiger partial charge in [0.1, 0.15) is 12.5 Å². The molecule has 0 aliphatic rings. The summed E-state index contributed by atoms with van der Waals surface area (Å²) in [5.74, 6) is -95.8. The fraction of sp³-hybridized carbons (Fsp3) is 0.870. The second kappa shape index (κ2) is 16.3. The molecule has 0 aromatic carbocycles. The minimum Gasteiger partial charge on any atom is -0.373 e. The largest absolute Gasteiger partial charge is 0.422 e. The van der Waals surface area contributed by atoms with Crippen molar-refractivity contribution in [2.45, 2.75) is 109 Å². The maximum atomic E-state index is 14.1. The van der Waals surface area contributed by atoms with Crippen LogP contribution in [0.25, 0.3) is 0 Å². The molecule has 0 radical (unpaired) electrons. The fourth-order valence-electron chi connectivity index (χ4n) is 3.50. The fourth-order valence-corrected chi connectivity index (χ4v) is 4.43. The number of carbonyl (C=O) groups excluding carboxylic acids is 3. The van der Waals surface area contributed by atoms with E-state index in [4.69, 9.17) is 5.73 Å². The molecule has 4 N–H and O–H groups in total. The molecule has 4 unspecified atom stereocenters. The molecule has 0 saturated carbocycles. The summed E-state index contributed by atoms with van der Waals surface area (Å²) in [7, 11) is 0. The molecule has 0 spiro atoms. The minimum atomic E-state index is -9.57. The van der Waals surface area contributed by atoms with E-state index < -0.39 is 144 Å². The average Bonchev–Trinajstić information content (AvgIpc) is 3.00. The first-order valence-electron chi connectivity index (χ1n) is 13.4. The van der Waals surface area contributed by atoms with E-state index >= 15 is 0 Å². The van der Waals surface area contributed by atoms with Crippen molar-refractivity contribution in [3.05, 3.63) is 0 Å². The zero-order chi connectivity index (χ0) is 44.6. The number of hydrogen-bond donors (Lipinski definition) is 3. The summed E-state index contributed by atoms with van der Waals surface area (Å²) in [5, 5.41) is 10.9. The van der Waals surface area contributed by atoms with E-state index in [0.29, 0.717) is 0 Å². The number of alkyl halides is 25. The summed E-state index contributed by atoms with van der Waals surface area (Å²) >= 11 is -0.874. The van der Waals surface area contributed by atoms with Crippen molar-refractivity contribution in [3.8, 4) is 0 Å². The smallest absolute Gasteiger partial charge is 0.373 e. The number of aliphatic hydroxyl groups excluding tert-OH is 1. The van der Waals surface area contributed by atoms with Crippen LogP contribution >= 0.6 is 11.8 Å². The van der Waals surface area contributed by atoms with E-state index in [0.717, 1.165) is 0 Å². The quantitative estimate of drug-likeness (QED) is 0.0468. The Bertz CT molecular complexity index is 1360. The average molecular weight is 894 g/mol. The third kappa shape index (κ3) is 9.07. The zero-order valence-corrected chi connectivity index (χ0v) is 26.3. The number of aldehydes is 1. The van der Waals surface area contributed by atoms with Gasteiger partial charge in [-0.15, -0.1) is 0 Å². The Kier molecular flexibility index (Phi) is 15.5. The Morgan fingerprint density at radius 3 is 1.35 bits per heavy atom. The van der Waals surface area contributed by atoms with Crippen LogP contribution in [0.3, 0.4) is 0 Å². The molecule has 1 amide bonds. The summed E-state index contributed by atoms with van der Waals surface area (Å²) in [5.41, 5.74) is 5.22. The number of thioether (sulfide) groups is 1. The van der Waals surface area contributed by atoms with Crippen molar-refractivity contribution in [3.63, 3.8) is 0 Å². The van der Waals surface area contributed by atoms with Crippen LogP contribution in [0.5, 0.6) is 0 Å². The second-order valence-corrected chi connectivity index (χ2v) is 11.9. The van der Waals surface area contributed by atoms with Gasteiger partial charge in [0, 0.05) is 25.0 Å². The van der Waals surface area contributed by atoms with E-state index in [2.05, 4.69) is 0 Å². The molecule has 6 nitrogen and oxygen atoms in total. The van der Waals surface area contributed by atoms with Gasteiger partial charge in [-0.3, -0.25) is 9.59 Å². The molecule has 0 bridgehead atoms. The highest BCUT2D eigenvalue weighted by Gasteiger charge is 2.98. The predicted octanol–water partition coefficient (Wildman–Crippen LogP) is 7.01. The number of ketones is 1. The number of rotatable bonds is 22. The number of Topliss-reactive ketones (excluding diaryl/α,β-unsaturated/α-hetero) is 1. The highest BCUT2D eigenvalue weighted by molar-refractivity contribution is 7.99. The normalized spacial score (nSPS) is 17.4. The van der Waals surface area contributed by atoms with Gasteiger partial charge in [-0.2, -0.15) is 113 Å². The maximum absolute atomic E-state index is 14.1. The van der Waals surface area contributed by atoms with Crippen molar-refractivity contribution in [1.29, 1.82) is 0 Å². The monoisotopic (exact) mass is 894 g/mol. The lowest BCUT2D eigenvalue weighted by molar-refractivity contribution is -0.470. The Morgan fingerprint density at radius 2 is 0.982 bits per heavy atom. The van der Waals surface area contributed by atoms with Crippen LogP contribution in [0.1, 0.15) is 19.3 Å². The summed E-state index contributed by atoms with van der Waals surface area (Å²) in [6.45, 7) is 0. The van der Waals surface area contributed by atoms with E-state index in [9.17, 15) is 129 Å². The van der Waals surface area contributed by atoms with Crippen LogP contribution in [0, 0.1) is 0 Å². The predicted molar refractivity (Wildman–Crippen MR) is 130 cm³/mol. The van der Waals surface area contributed by atoms with Crippen molar-refractivity contribution in [2.24, 2.45) is 5.73 Å². The van der Waals surface area contributed by atoms with Crippen LogP contribution < -0.4 is 11.1 Å². The second-order valence-electron chi connectivity index (χ2n) is 10.8. The molecule has 55 heavy (non-hydrogen) atoms. The highest BCUT2D eigenvalue weighted by Crippen LogP contribution is 2.66. The third-order valence-corrected chi connectivity index (χ3v) is 7.86. The molecule has 32 heteroatoms. The van der Waals surface area contributed by atoms with Gasteiger partial charge < -0.3 is 21.0 Å². The maximum Gasteiger partial charge on any atom is 0.422 e. The van der Waals surface area contributed by atoms with Gasteiger partial charge in [0.05, 0.1) is 11.8 Å². The molecule has 4 atom stereocenters. The zero-order valence-electron chi connectivity index (χ0n) is 25.5. The molecule has 0 aliphatic carbocycles. The van der Waals surface area contributed by atoms with E-state index in [1.54, 1.807) is 5.32 Å². The van der Waals surface area contributed by atoms with Crippen LogP contribution in [0.15, 0.2) is 0 Å². The molecule has 0 rings (SSSR count). The first-order valence-corrected chi connectivity index (χ1v) is 14.5. The number of aliphatic hydroxyl groups is 1. The number of nitrogens with one attached hydrogen (secondary N) is 1. The van der Waals surface area contributed by atoms with Crippen LogP contribution in [0.2, 0.25) is 0 Å². The third-order valence-electron chi connectivity index (χ3n) is 6.80. The molecular weight excluding hydrogens is 875 g/mol. The van der Waals surface area contributed by atoms with Gasteiger partial charge in [0.2, 0.25) is 18.3 Å². The highest BCUT2D eigenvalue weighted by atomic mass is 32.2. The minimum absolute atomic E-state index is 0.104. The molecule has 0 aromatic heterocycles. The first-order chi connectivity index (χ1) is 24.0. The lowest BCUT2D eigenvalue weighted by atomic mass is 9.84. The van der Waals surface area contributed by atoms with Crippen molar-refractivity contribution in [2.75, 3.05) is 11.5 Å². The summed E-state index contributed by atoms with van der Waals surface area (Å²) in [6, 6.07) is -1.94. The lowest BCUT2D eigenvalue weighted by Gasteiger charge is -2.45. The number of halogens is 25. The van der Waals surface area contributed by atoms with Gasteiger partial charge in [0.25, 0.3) is 0 Å². The van der Waals surface area contributed by atoms with E-state index in [1.807, 2.05) is 0 Å². The van der Waals surface area contributed by atoms with E-state index in [1.165, 1.54) is 0 Å². The molecule has 0 aliphatic heterocycles. The summed E-state index contributed by atoms with van der Waals surface area (Å²) in [6.07, 6.45) is -24.5. The standard InChI is InChI=1S/C23H19F25N2O4S/c24-11(12(25)15(30,31)32)14(28,29)17(35,36)19(39,40)21(43,44)23(47,48)22(45,46)20(41,42)18(37,38)16(33,34)13(26,27)6-55-4-2-8(52)7(49)5-10(54)50-9(53)1-3-51/h3,7,9,11-12,53H,1-2,4-6,49H2,(H,50,54). The molecule has 326 valence electrons. The van der Waals surface area contributed by atoms with Gasteiger partial charge in [-0.1, -0.05) is 0 Å². The van der Waals surface area contributed by atoms with Crippen molar-refractivity contribution < 1.29 is 129 Å². The lowest BCUT2D eigenvalue weighted by Crippen LogP contribution is -2.77. The van der Waals surface area contributed by atoms with Gasteiger partial charge in [-0.05, 0) is 0 Å². The van der Waals surface area contributed by atoms with Gasteiger partial charge in [0.15, 0.2) is 5.78 Å². The Hall–Kier alpha value is -2.67. The Morgan fingerprint density at radius 1 is 0.618 bits per heavy atom. The van der Waals surface area contributed by atoms with Crippen LogP contribution in [0.4, 0.5) is 110 Å². The van der Waals surface area contributed by atoms with Crippen molar-refractivity contribution >= 4 is 29.7 Å².